The van der Waals surface area contributed by atoms with Gasteiger partial charge in [0.15, 0.2) is 0 Å². The number of pyridine rings is 1. The number of nitrogens with zero attached hydrogens (tertiary/aromatic N) is 2. The highest BCUT2D eigenvalue weighted by molar-refractivity contribution is 7.92. The molecular formula is C12H10N4O2S. The number of nitriles is 1. The summed E-state index contributed by atoms with van der Waals surface area (Å²) in [6, 6.07) is 10.5. The SMILES string of the molecule is N#Cc1ccc(S(=O)(=O)Nc2ccc(N)cn2)cc1. The van der Waals surface area contributed by atoms with Crippen LogP contribution in [-0.4, -0.2) is 13.4 Å². The van der Waals surface area contributed by atoms with Crippen LogP contribution in [0, 0.1) is 11.3 Å². The average Bonchev–Trinajstić information content (AvgIpc) is 2.41. The van der Waals surface area contributed by atoms with E-state index in [0.717, 1.165) is 0 Å². The van der Waals surface area contributed by atoms with Crippen LogP contribution < -0.4 is 10.5 Å². The Bertz CT molecular complexity index is 716. The van der Waals surface area contributed by atoms with Gasteiger partial charge in [-0.25, -0.2) is 13.4 Å². The van der Waals surface area contributed by atoms with Gasteiger partial charge in [-0.15, -0.1) is 0 Å². The molecule has 1 heterocycles. The zero-order valence-electron chi connectivity index (χ0n) is 9.74. The van der Waals surface area contributed by atoms with Crippen LogP contribution in [0.2, 0.25) is 0 Å². The molecule has 0 aliphatic carbocycles. The molecule has 0 amide bonds. The second kappa shape index (κ2) is 4.96. The third-order valence-corrected chi connectivity index (χ3v) is 3.69. The van der Waals surface area contributed by atoms with Gasteiger partial charge in [-0.3, -0.25) is 4.72 Å². The van der Waals surface area contributed by atoms with Gasteiger partial charge in [-0.2, -0.15) is 5.26 Å². The van der Waals surface area contributed by atoms with Crippen LogP contribution >= 0.6 is 0 Å². The Morgan fingerprint density at radius 2 is 1.84 bits per heavy atom. The summed E-state index contributed by atoms with van der Waals surface area (Å²) in [4.78, 5) is 3.92. The summed E-state index contributed by atoms with van der Waals surface area (Å²) in [5.74, 6) is 0.179. The molecule has 96 valence electrons. The van der Waals surface area contributed by atoms with Crippen molar-refractivity contribution in [2.24, 2.45) is 0 Å². The van der Waals surface area contributed by atoms with Gasteiger partial charge in [0.25, 0.3) is 10.0 Å². The first-order valence-electron chi connectivity index (χ1n) is 5.26. The summed E-state index contributed by atoms with van der Waals surface area (Å²) < 4.78 is 26.4. The minimum Gasteiger partial charge on any atom is -0.397 e. The first kappa shape index (κ1) is 12.9. The van der Waals surface area contributed by atoms with Crippen molar-refractivity contribution in [1.82, 2.24) is 4.98 Å². The van der Waals surface area contributed by atoms with Gasteiger partial charge in [0.2, 0.25) is 0 Å². The van der Waals surface area contributed by atoms with E-state index in [1.165, 1.54) is 36.5 Å². The summed E-state index contributed by atoms with van der Waals surface area (Å²) in [5.41, 5.74) is 6.30. The van der Waals surface area contributed by atoms with Crippen molar-refractivity contribution < 1.29 is 8.42 Å². The quantitative estimate of drug-likeness (QED) is 0.877. The molecule has 0 bridgehead atoms. The highest BCUT2D eigenvalue weighted by Crippen LogP contribution is 2.15. The lowest BCUT2D eigenvalue weighted by Crippen LogP contribution is -2.13. The van der Waals surface area contributed by atoms with E-state index in [1.54, 1.807) is 6.07 Å². The number of hydrogen-bond acceptors (Lipinski definition) is 5. The van der Waals surface area contributed by atoms with Crippen molar-refractivity contribution in [3.8, 4) is 6.07 Å². The number of benzene rings is 1. The molecule has 7 heteroatoms. The number of aromatic nitrogens is 1. The number of anilines is 2. The molecule has 2 aromatic rings. The third-order valence-electron chi connectivity index (χ3n) is 2.32. The van der Waals surface area contributed by atoms with Crippen LogP contribution in [0.15, 0.2) is 47.5 Å². The number of sulfonamides is 1. The van der Waals surface area contributed by atoms with E-state index in [9.17, 15) is 8.42 Å². The molecule has 6 nitrogen and oxygen atoms in total. The van der Waals surface area contributed by atoms with Crippen LogP contribution in [0.5, 0.6) is 0 Å². The number of rotatable bonds is 3. The predicted octanol–water partition coefficient (Wildman–Crippen LogP) is 1.34. The first-order chi connectivity index (χ1) is 9.01. The molecule has 3 N–H and O–H groups in total. The smallest absolute Gasteiger partial charge is 0.263 e. The molecule has 19 heavy (non-hydrogen) atoms. The normalized spacial score (nSPS) is 10.7. The first-order valence-corrected chi connectivity index (χ1v) is 6.74. The fourth-order valence-electron chi connectivity index (χ4n) is 1.37. The Kier molecular flexibility index (Phi) is 3.35. The largest absolute Gasteiger partial charge is 0.397 e. The fourth-order valence-corrected chi connectivity index (χ4v) is 2.38. The van der Waals surface area contributed by atoms with Gasteiger partial charge in [0.05, 0.1) is 28.4 Å². The van der Waals surface area contributed by atoms with Crippen LogP contribution in [0.1, 0.15) is 5.56 Å². The molecule has 0 radical (unpaired) electrons. The number of nitrogens with one attached hydrogen (secondary N) is 1. The highest BCUT2D eigenvalue weighted by Gasteiger charge is 2.14. The van der Waals surface area contributed by atoms with E-state index in [1.807, 2.05) is 6.07 Å². The minimum absolute atomic E-state index is 0.0603. The van der Waals surface area contributed by atoms with Crippen molar-refractivity contribution in [2.75, 3.05) is 10.5 Å². The Morgan fingerprint density at radius 3 is 2.37 bits per heavy atom. The van der Waals surface area contributed by atoms with Gasteiger partial charge in [0, 0.05) is 0 Å². The molecule has 0 saturated heterocycles. The van der Waals surface area contributed by atoms with E-state index in [2.05, 4.69) is 9.71 Å². The Labute approximate surface area is 110 Å². The van der Waals surface area contributed by atoms with Gasteiger partial charge < -0.3 is 5.73 Å². The fraction of sp³-hybridized carbons (Fsp3) is 0. The van der Waals surface area contributed by atoms with Crippen molar-refractivity contribution in [1.29, 1.82) is 5.26 Å². The molecule has 1 aromatic carbocycles. The number of nitrogens with two attached hydrogens (primary N) is 1. The molecule has 0 aliphatic rings. The third kappa shape index (κ3) is 3.00. The number of nitrogen functional groups attached to an aromatic ring is 1. The summed E-state index contributed by atoms with van der Waals surface area (Å²) in [5, 5.41) is 8.66. The van der Waals surface area contributed by atoms with E-state index < -0.39 is 10.0 Å². The summed E-state index contributed by atoms with van der Waals surface area (Å²) in [7, 11) is -3.71. The van der Waals surface area contributed by atoms with E-state index in [4.69, 9.17) is 11.0 Å². The topological polar surface area (TPSA) is 109 Å². The summed E-state index contributed by atoms with van der Waals surface area (Å²) in [6.45, 7) is 0. The van der Waals surface area contributed by atoms with Gasteiger partial charge in [0.1, 0.15) is 5.82 Å². The standard InChI is InChI=1S/C12H10N4O2S/c13-7-9-1-4-11(5-2-9)19(17,18)16-12-6-3-10(14)8-15-12/h1-6,8H,14H2,(H,15,16). The molecule has 0 aliphatic heterocycles. The van der Waals surface area contributed by atoms with Crippen LogP contribution in [0.3, 0.4) is 0 Å². The monoisotopic (exact) mass is 274 g/mol. The van der Waals surface area contributed by atoms with E-state index >= 15 is 0 Å². The van der Waals surface area contributed by atoms with Gasteiger partial charge in [-0.05, 0) is 36.4 Å². The maximum Gasteiger partial charge on any atom is 0.263 e. The highest BCUT2D eigenvalue weighted by atomic mass is 32.2. The second-order valence-electron chi connectivity index (χ2n) is 3.72. The Hall–Kier alpha value is -2.59. The maximum atomic E-state index is 12.0. The van der Waals surface area contributed by atoms with Crippen LogP contribution in [0.25, 0.3) is 0 Å². The molecule has 0 unspecified atom stereocenters. The van der Waals surface area contributed by atoms with Crippen LogP contribution in [0.4, 0.5) is 11.5 Å². The molecule has 2 rings (SSSR count). The molecule has 0 saturated carbocycles. The predicted molar refractivity (Wildman–Crippen MR) is 70.6 cm³/mol. The van der Waals surface area contributed by atoms with Gasteiger partial charge in [-0.1, -0.05) is 0 Å². The van der Waals surface area contributed by atoms with E-state index in [0.29, 0.717) is 11.3 Å². The maximum absolute atomic E-state index is 12.0. The zero-order valence-corrected chi connectivity index (χ0v) is 10.6. The Balaban J connectivity index is 2.27. The lowest BCUT2D eigenvalue weighted by atomic mass is 10.2. The molecule has 0 atom stereocenters. The lowest BCUT2D eigenvalue weighted by molar-refractivity contribution is 0.601. The molecule has 1 aromatic heterocycles. The lowest BCUT2D eigenvalue weighted by Gasteiger charge is -2.07. The van der Waals surface area contributed by atoms with E-state index in [-0.39, 0.29) is 10.7 Å². The summed E-state index contributed by atoms with van der Waals surface area (Å²) in [6.07, 6.45) is 1.36. The van der Waals surface area contributed by atoms with Gasteiger partial charge >= 0.3 is 0 Å². The Morgan fingerprint density at radius 1 is 1.16 bits per heavy atom. The van der Waals surface area contributed by atoms with Crippen molar-refractivity contribution >= 4 is 21.5 Å². The molecular weight excluding hydrogens is 264 g/mol. The van der Waals surface area contributed by atoms with Crippen molar-refractivity contribution in [3.63, 3.8) is 0 Å². The molecule has 0 spiro atoms. The second-order valence-corrected chi connectivity index (χ2v) is 5.40. The minimum atomic E-state index is -3.71. The van der Waals surface area contributed by atoms with Crippen molar-refractivity contribution in [3.05, 3.63) is 48.2 Å². The molecule has 0 fully saturated rings. The van der Waals surface area contributed by atoms with Crippen LogP contribution in [-0.2, 0) is 10.0 Å². The average molecular weight is 274 g/mol. The zero-order chi connectivity index (χ0) is 13.9. The summed E-state index contributed by atoms with van der Waals surface area (Å²) >= 11 is 0. The van der Waals surface area contributed by atoms with Crippen molar-refractivity contribution in [2.45, 2.75) is 4.90 Å². The number of hydrogen-bond donors (Lipinski definition) is 2.